The Morgan fingerprint density at radius 3 is 2.57 bits per heavy atom. The van der Waals surface area contributed by atoms with Crippen LogP contribution in [0.4, 0.5) is 5.13 Å². The average molecular weight is 358 g/mol. The summed E-state index contributed by atoms with van der Waals surface area (Å²) in [6, 6.07) is 0.984. The van der Waals surface area contributed by atoms with Gasteiger partial charge in [-0.05, 0) is 11.5 Å². The molecule has 0 aliphatic rings. The molecule has 2 amide bonds. The number of carbonyl (C=O) groups is 2. The summed E-state index contributed by atoms with van der Waals surface area (Å²) in [6.07, 6.45) is 1.64. The summed E-state index contributed by atoms with van der Waals surface area (Å²) < 4.78 is 0. The van der Waals surface area contributed by atoms with Gasteiger partial charge in [-0.15, -0.1) is 23.7 Å². The molecule has 0 radical (unpaired) electrons. The fourth-order valence-corrected chi connectivity index (χ4v) is 2.45. The Morgan fingerprint density at radius 1 is 1.39 bits per heavy atom. The van der Waals surface area contributed by atoms with Crippen molar-refractivity contribution in [2.24, 2.45) is 16.9 Å². The van der Waals surface area contributed by atoms with E-state index in [4.69, 9.17) is 11.5 Å². The van der Waals surface area contributed by atoms with Gasteiger partial charge >= 0.3 is 0 Å². The Bertz CT molecular complexity index is 704. The third kappa shape index (κ3) is 4.54. The van der Waals surface area contributed by atoms with E-state index in [-0.39, 0.29) is 23.7 Å². The summed E-state index contributed by atoms with van der Waals surface area (Å²) in [5.41, 5.74) is 12.4. The molecular weight excluding hydrogens is 338 g/mol. The molecule has 7 nitrogen and oxygen atoms in total. The van der Waals surface area contributed by atoms with E-state index in [0.29, 0.717) is 16.5 Å². The van der Waals surface area contributed by atoms with Crippen LogP contribution in [0.2, 0.25) is 0 Å². The topological polar surface area (TPSA) is 127 Å². The number of aromatic nitrogens is 2. The van der Waals surface area contributed by atoms with Crippen molar-refractivity contribution in [3.8, 4) is 11.3 Å². The Kier molecular flexibility index (Phi) is 5.92. The van der Waals surface area contributed by atoms with Crippen LogP contribution >= 0.6 is 23.7 Å². The van der Waals surface area contributed by atoms with Crippen LogP contribution in [0.5, 0.6) is 0 Å². The molecule has 0 unspecified atom stereocenters. The van der Waals surface area contributed by atoms with Crippen LogP contribution in [0.15, 0.2) is 17.6 Å². The molecule has 0 bridgehead atoms. The van der Waals surface area contributed by atoms with Gasteiger partial charge in [0.05, 0.1) is 11.7 Å². The molecule has 2 aromatic rings. The van der Waals surface area contributed by atoms with E-state index in [9.17, 15) is 9.59 Å². The number of primary amides is 1. The first kappa shape index (κ1) is 19.1. The van der Waals surface area contributed by atoms with E-state index in [1.165, 1.54) is 11.3 Å². The van der Waals surface area contributed by atoms with Crippen molar-refractivity contribution in [2.75, 3.05) is 5.32 Å². The summed E-state index contributed by atoms with van der Waals surface area (Å²) in [5.74, 6) is -0.813. The number of hydrogen-bond donors (Lipinski definition) is 4. The molecule has 0 saturated heterocycles. The zero-order valence-electron chi connectivity index (χ0n) is 13.0. The largest absolute Gasteiger partial charge is 0.364 e. The second kappa shape index (κ2) is 7.12. The van der Waals surface area contributed by atoms with Gasteiger partial charge in [-0.2, -0.15) is 0 Å². The van der Waals surface area contributed by atoms with Crippen LogP contribution in [0.3, 0.4) is 0 Å². The summed E-state index contributed by atoms with van der Waals surface area (Å²) in [4.78, 5) is 30.2. The number of carbonyl (C=O) groups excluding carboxylic acids is 2. The number of halogens is 1. The first-order valence-electron chi connectivity index (χ1n) is 6.69. The normalized spacial score (nSPS) is 12.3. The van der Waals surface area contributed by atoms with Crippen molar-refractivity contribution in [3.05, 3.63) is 23.3 Å². The Hall–Kier alpha value is -1.90. The summed E-state index contributed by atoms with van der Waals surface area (Å²) >= 11 is 1.29. The first-order valence-corrected chi connectivity index (χ1v) is 7.57. The minimum absolute atomic E-state index is 0. The van der Waals surface area contributed by atoms with Crippen molar-refractivity contribution < 1.29 is 9.59 Å². The fourth-order valence-electron chi connectivity index (χ4n) is 1.72. The third-order valence-electron chi connectivity index (χ3n) is 3.19. The van der Waals surface area contributed by atoms with Gasteiger partial charge in [-0.25, -0.2) is 4.98 Å². The third-order valence-corrected chi connectivity index (χ3v) is 3.95. The summed E-state index contributed by atoms with van der Waals surface area (Å²) in [5, 5.41) is 4.95. The van der Waals surface area contributed by atoms with Crippen LogP contribution in [0.1, 0.15) is 31.3 Å². The van der Waals surface area contributed by atoms with Crippen LogP contribution in [0, 0.1) is 5.41 Å². The molecule has 0 aliphatic heterocycles. The lowest BCUT2D eigenvalue weighted by atomic mass is 9.87. The lowest BCUT2D eigenvalue weighted by Crippen LogP contribution is -2.45. The SMILES string of the molecule is CC(C)(C)[C@H](N)C(=O)Nc1nc(-c2c[nH]c(C(N)=O)c2)cs1.Cl. The number of nitrogens with two attached hydrogens (primary N) is 2. The van der Waals surface area contributed by atoms with Crippen LogP contribution < -0.4 is 16.8 Å². The molecule has 2 heterocycles. The highest BCUT2D eigenvalue weighted by Gasteiger charge is 2.28. The minimum atomic E-state index is -0.631. The van der Waals surface area contributed by atoms with Crippen molar-refractivity contribution in [3.63, 3.8) is 0 Å². The number of anilines is 1. The maximum absolute atomic E-state index is 12.1. The van der Waals surface area contributed by atoms with Crippen molar-refractivity contribution in [1.29, 1.82) is 0 Å². The highest BCUT2D eigenvalue weighted by atomic mass is 35.5. The fraction of sp³-hybridized carbons (Fsp3) is 0.357. The van der Waals surface area contributed by atoms with E-state index >= 15 is 0 Å². The highest BCUT2D eigenvalue weighted by Crippen LogP contribution is 2.26. The lowest BCUT2D eigenvalue weighted by Gasteiger charge is -2.25. The van der Waals surface area contributed by atoms with Crippen LogP contribution in [-0.4, -0.2) is 27.8 Å². The van der Waals surface area contributed by atoms with Gasteiger partial charge in [0.15, 0.2) is 5.13 Å². The van der Waals surface area contributed by atoms with Gasteiger partial charge in [-0.3, -0.25) is 9.59 Å². The summed E-state index contributed by atoms with van der Waals surface area (Å²) in [7, 11) is 0. The van der Waals surface area contributed by atoms with Gasteiger partial charge in [0.25, 0.3) is 5.91 Å². The lowest BCUT2D eigenvalue weighted by molar-refractivity contribution is -0.119. The molecule has 6 N–H and O–H groups in total. The molecule has 0 aromatic carbocycles. The maximum Gasteiger partial charge on any atom is 0.265 e. The second-order valence-electron chi connectivity index (χ2n) is 6.04. The van der Waals surface area contributed by atoms with E-state index < -0.39 is 11.9 Å². The Labute approximate surface area is 144 Å². The van der Waals surface area contributed by atoms with Gasteiger partial charge < -0.3 is 21.8 Å². The average Bonchev–Trinajstić information content (AvgIpc) is 3.04. The predicted octanol–water partition coefficient (Wildman–Crippen LogP) is 1.97. The molecule has 0 fully saturated rings. The number of thiazole rings is 1. The zero-order chi connectivity index (χ0) is 16.5. The molecule has 9 heteroatoms. The van der Waals surface area contributed by atoms with Crippen molar-refractivity contribution >= 4 is 40.7 Å². The second-order valence-corrected chi connectivity index (χ2v) is 6.90. The quantitative estimate of drug-likeness (QED) is 0.667. The maximum atomic E-state index is 12.1. The monoisotopic (exact) mass is 357 g/mol. The number of rotatable bonds is 4. The molecule has 0 aliphatic carbocycles. The van der Waals surface area contributed by atoms with Gasteiger partial charge in [0, 0.05) is 17.1 Å². The van der Waals surface area contributed by atoms with Crippen molar-refractivity contribution in [2.45, 2.75) is 26.8 Å². The van der Waals surface area contributed by atoms with E-state index in [1.54, 1.807) is 17.6 Å². The molecule has 23 heavy (non-hydrogen) atoms. The molecule has 1 atom stereocenters. The predicted molar refractivity (Wildman–Crippen MR) is 93.7 cm³/mol. The van der Waals surface area contributed by atoms with E-state index in [1.807, 2.05) is 20.8 Å². The van der Waals surface area contributed by atoms with Gasteiger partial charge in [0.1, 0.15) is 5.69 Å². The summed E-state index contributed by atoms with van der Waals surface area (Å²) in [6.45, 7) is 5.70. The molecule has 0 spiro atoms. The van der Waals surface area contributed by atoms with Crippen LogP contribution in [0.25, 0.3) is 11.3 Å². The minimum Gasteiger partial charge on any atom is -0.364 e. The molecular formula is C14H20ClN5O2S. The van der Waals surface area contributed by atoms with E-state index in [2.05, 4.69) is 15.3 Å². The Balaban J connectivity index is 0.00000264. The van der Waals surface area contributed by atoms with Crippen molar-refractivity contribution in [1.82, 2.24) is 9.97 Å². The molecule has 2 aromatic heterocycles. The van der Waals surface area contributed by atoms with Crippen LogP contribution in [-0.2, 0) is 4.79 Å². The highest BCUT2D eigenvalue weighted by molar-refractivity contribution is 7.14. The van der Waals surface area contributed by atoms with Gasteiger partial charge in [-0.1, -0.05) is 20.8 Å². The first-order chi connectivity index (χ1) is 10.2. The molecule has 126 valence electrons. The van der Waals surface area contributed by atoms with E-state index in [0.717, 1.165) is 5.56 Å². The number of nitrogens with zero attached hydrogens (tertiary/aromatic N) is 1. The zero-order valence-corrected chi connectivity index (χ0v) is 14.7. The smallest absolute Gasteiger partial charge is 0.265 e. The number of hydrogen-bond acceptors (Lipinski definition) is 5. The standard InChI is InChI=1S/C14H19N5O2S.ClH/c1-14(2,3)10(15)12(21)19-13-18-9(6-22-13)7-4-8(11(16)20)17-5-7;/h4-6,10,17H,15H2,1-3H3,(H2,16,20)(H,18,19,21);1H/t10-;/m1./s1. The molecule has 0 saturated carbocycles. The number of H-pyrrole nitrogens is 1. The van der Waals surface area contributed by atoms with Gasteiger partial charge in [0.2, 0.25) is 5.91 Å². The number of nitrogens with one attached hydrogen (secondary N) is 2. The Morgan fingerprint density at radius 2 is 2.04 bits per heavy atom. The molecule has 2 rings (SSSR count). The number of amides is 2. The number of aromatic amines is 1.